The maximum atomic E-state index is 13.2. The third-order valence-corrected chi connectivity index (χ3v) is 2.63. The standard InChI is InChI=1S/C14H9F3O/c1-8-2-3-9(7-18)11(4-8)10-5-12(15)14(17)13(16)6-10/h2-7H,1H3. The first-order chi connectivity index (χ1) is 8.52. The topological polar surface area (TPSA) is 17.1 Å². The predicted octanol–water partition coefficient (Wildman–Crippen LogP) is 3.89. The van der Waals surface area contributed by atoms with E-state index in [9.17, 15) is 18.0 Å². The van der Waals surface area contributed by atoms with E-state index in [1.807, 2.05) is 0 Å². The lowest BCUT2D eigenvalue weighted by Crippen LogP contribution is -1.94. The molecule has 0 saturated heterocycles. The molecular weight excluding hydrogens is 241 g/mol. The van der Waals surface area contributed by atoms with Crippen LogP contribution < -0.4 is 0 Å². The SMILES string of the molecule is Cc1ccc(C=O)c(-c2cc(F)c(F)c(F)c2)c1. The lowest BCUT2D eigenvalue weighted by atomic mass is 9.98. The highest BCUT2D eigenvalue weighted by Crippen LogP contribution is 2.27. The molecule has 0 radical (unpaired) electrons. The Balaban J connectivity index is 2.68. The van der Waals surface area contributed by atoms with Crippen LogP contribution in [0.4, 0.5) is 13.2 Å². The molecule has 0 unspecified atom stereocenters. The Morgan fingerprint density at radius 2 is 1.61 bits per heavy atom. The van der Waals surface area contributed by atoms with Gasteiger partial charge in [0.05, 0.1) is 0 Å². The first-order valence-electron chi connectivity index (χ1n) is 5.23. The van der Waals surface area contributed by atoms with E-state index in [2.05, 4.69) is 0 Å². The van der Waals surface area contributed by atoms with Crippen molar-refractivity contribution in [2.45, 2.75) is 6.92 Å². The lowest BCUT2D eigenvalue weighted by Gasteiger charge is -2.07. The van der Waals surface area contributed by atoms with Gasteiger partial charge in [-0.2, -0.15) is 0 Å². The highest BCUT2D eigenvalue weighted by atomic mass is 19.2. The van der Waals surface area contributed by atoms with E-state index < -0.39 is 17.5 Å². The van der Waals surface area contributed by atoms with Gasteiger partial charge < -0.3 is 0 Å². The number of carbonyl (C=O) groups is 1. The smallest absolute Gasteiger partial charge is 0.194 e. The highest BCUT2D eigenvalue weighted by molar-refractivity contribution is 5.87. The molecule has 0 saturated carbocycles. The van der Waals surface area contributed by atoms with Gasteiger partial charge in [-0.3, -0.25) is 4.79 Å². The summed E-state index contributed by atoms with van der Waals surface area (Å²) < 4.78 is 39.2. The number of halogens is 3. The average Bonchev–Trinajstić information content (AvgIpc) is 2.35. The van der Waals surface area contributed by atoms with Crippen LogP contribution in [0.1, 0.15) is 15.9 Å². The third kappa shape index (κ3) is 2.14. The quantitative estimate of drug-likeness (QED) is 0.583. The highest BCUT2D eigenvalue weighted by Gasteiger charge is 2.13. The fourth-order valence-corrected chi connectivity index (χ4v) is 1.73. The Morgan fingerprint density at radius 1 is 1.00 bits per heavy atom. The van der Waals surface area contributed by atoms with Crippen LogP contribution in [0.15, 0.2) is 30.3 Å². The zero-order valence-electron chi connectivity index (χ0n) is 9.51. The van der Waals surface area contributed by atoms with Gasteiger partial charge in [0.15, 0.2) is 23.7 Å². The molecule has 0 heterocycles. The fraction of sp³-hybridized carbons (Fsp3) is 0.0714. The molecule has 92 valence electrons. The lowest BCUT2D eigenvalue weighted by molar-refractivity contribution is 0.112. The van der Waals surface area contributed by atoms with Crippen LogP contribution in [-0.4, -0.2) is 6.29 Å². The molecule has 0 aliphatic heterocycles. The molecule has 0 fully saturated rings. The molecule has 4 heteroatoms. The van der Waals surface area contributed by atoms with Crippen LogP contribution in [0, 0.1) is 24.4 Å². The summed E-state index contributed by atoms with van der Waals surface area (Å²) in [7, 11) is 0. The Bertz CT molecular complexity index is 597. The monoisotopic (exact) mass is 250 g/mol. The number of benzene rings is 2. The van der Waals surface area contributed by atoms with Crippen molar-refractivity contribution in [3.63, 3.8) is 0 Å². The summed E-state index contributed by atoms with van der Waals surface area (Å²) in [4.78, 5) is 10.9. The van der Waals surface area contributed by atoms with Crippen molar-refractivity contribution < 1.29 is 18.0 Å². The summed E-state index contributed by atoms with van der Waals surface area (Å²) in [5, 5.41) is 0. The van der Waals surface area contributed by atoms with Gasteiger partial charge in [-0.15, -0.1) is 0 Å². The van der Waals surface area contributed by atoms with Gasteiger partial charge in [-0.05, 0) is 30.2 Å². The molecule has 0 spiro atoms. The van der Waals surface area contributed by atoms with E-state index >= 15 is 0 Å². The summed E-state index contributed by atoms with van der Waals surface area (Å²) in [5.74, 6) is -4.06. The van der Waals surface area contributed by atoms with Crippen molar-refractivity contribution in [3.05, 3.63) is 58.9 Å². The summed E-state index contributed by atoms with van der Waals surface area (Å²) >= 11 is 0. The van der Waals surface area contributed by atoms with Crippen LogP contribution in [-0.2, 0) is 0 Å². The van der Waals surface area contributed by atoms with E-state index in [4.69, 9.17) is 0 Å². The van der Waals surface area contributed by atoms with Crippen LogP contribution in [0.5, 0.6) is 0 Å². The molecule has 0 N–H and O–H groups in total. The summed E-state index contributed by atoms with van der Waals surface area (Å²) in [6.07, 6.45) is 0.591. The molecule has 0 atom stereocenters. The van der Waals surface area contributed by atoms with E-state index in [1.54, 1.807) is 25.1 Å². The largest absolute Gasteiger partial charge is 0.298 e. The summed E-state index contributed by atoms with van der Waals surface area (Å²) in [6.45, 7) is 1.79. The van der Waals surface area contributed by atoms with Crippen LogP contribution >= 0.6 is 0 Å². The van der Waals surface area contributed by atoms with Gasteiger partial charge in [0, 0.05) is 5.56 Å². The Labute approximate surface area is 102 Å². The third-order valence-electron chi connectivity index (χ3n) is 2.63. The van der Waals surface area contributed by atoms with Crippen molar-refractivity contribution in [1.29, 1.82) is 0 Å². The molecule has 2 aromatic rings. The normalized spacial score (nSPS) is 10.4. The zero-order chi connectivity index (χ0) is 13.3. The van der Waals surface area contributed by atoms with Gasteiger partial charge in [-0.1, -0.05) is 23.8 Å². The minimum Gasteiger partial charge on any atom is -0.298 e. The number of aryl methyl sites for hydroxylation is 1. The van der Waals surface area contributed by atoms with Crippen LogP contribution in [0.3, 0.4) is 0 Å². The second-order valence-corrected chi connectivity index (χ2v) is 3.96. The Morgan fingerprint density at radius 3 is 2.17 bits per heavy atom. The molecule has 2 rings (SSSR count). The molecule has 0 aliphatic rings. The number of carbonyl (C=O) groups excluding carboxylic acids is 1. The van der Waals surface area contributed by atoms with E-state index in [0.717, 1.165) is 17.7 Å². The maximum absolute atomic E-state index is 13.2. The van der Waals surface area contributed by atoms with E-state index in [0.29, 0.717) is 17.4 Å². The molecule has 0 amide bonds. The molecule has 1 nitrogen and oxygen atoms in total. The van der Waals surface area contributed by atoms with E-state index in [-0.39, 0.29) is 5.56 Å². The average molecular weight is 250 g/mol. The molecular formula is C14H9F3O. The number of rotatable bonds is 2. The minimum absolute atomic E-state index is 0.136. The number of hydrogen-bond acceptors (Lipinski definition) is 1. The van der Waals surface area contributed by atoms with Crippen LogP contribution in [0.2, 0.25) is 0 Å². The van der Waals surface area contributed by atoms with Crippen molar-refractivity contribution in [2.75, 3.05) is 0 Å². The van der Waals surface area contributed by atoms with Crippen molar-refractivity contribution in [1.82, 2.24) is 0 Å². The maximum Gasteiger partial charge on any atom is 0.194 e. The van der Waals surface area contributed by atoms with E-state index in [1.165, 1.54) is 0 Å². The first kappa shape index (κ1) is 12.4. The predicted molar refractivity (Wildman–Crippen MR) is 61.9 cm³/mol. The van der Waals surface area contributed by atoms with Crippen molar-refractivity contribution in [2.24, 2.45) is 0 Å². The Kier molecular flexibility index (Phi) is 3.19. The second-order valence-electron chi connectivity index (χ2n) is 3.96. The molecule has 2 aromatic carbocycles. The van der Waals surface area contributed by atoms with Gasteiger partial charge in [0.2, 0.25) is 0 Å². The second kappa shape index (κ2) is 4.64. The summed E-state index contributed by atoms with van der Waals surface area (Å²) in [6, 6.07) is 6.64. The number of aldehydes is 1. The minimum atomic E-state index is -1.51. The molecule has 0 bridgehead atoms. The Hall–Kier alpha value is -2.10. The summed E-state index contributed by atoms with van der Waals surface area (Å²) in [5.41, 5.74) is 1.65. The van der Waals surface area contributed by atoms with Crippen LogP contribution in [0.25, 0.3) is 11.1 Å². The van der Waals surface area contributed by atoms with Gasteiger partial charge in [0.1, 0.15) is 0 Å². The van der Waals surface area contributed by atoms with Gasteiger partial charge in [0.25, 0.3) is 0 Å². The molecule has 18 heavy (non-hydrogen) atoms. The van der Waals surface area contributed by atoms with Gasteiger partial charge in [-0.25, -0.2) is 13.2 Å². The number of hydrogen-bond donors (Lipinski definition) is 0. The van der Waals surface area contributed by atoms with Crippen molar-refractivity contribution >= 4 is 6.29 Å². The zero-order valence-corrected chi connectivity index (χ0v) is 9.51. The van der Waals surface area contributed by atoms with Gasteiger partial charge >= 0.3 is 0 Å². The molecule has 0 aliphatic carbocycles. The van der Waals surface area contributed by atoms with Crippen molar-refractivity contribution in [3.8, 4) is 11.1 Å². The molecule has 0 aromatic heterocycles. The fourth-order valence-electron chi connectivity index (χ4n) is 1.73. The first-order valence-corrected chi connectivity index (χ1v) is 5.23.